The van der Waals surface area contributed by atoms with Gasteiger partial charge >= 0.3 is 0 Å². The van der Waals surface area contributed by atoms with Crippen LogP contribution >= 0.6 is 27.5 Å². The lowest BCUT2D eigenvalue weighted by Crippen LogP contribution is -2.33. The first-order valence-electron chi connectivity index (χ1n) is 6.87. The monoisotopic (exact) mass is 360 g/mol. The SMILES string of the molecule is N#Cc1ccc(NC2CC(c3ccc(Br)cc3)C2)cc1Cl. The molecule has 4 heteroatoms. The number of hydrogen-bond donors (Lipinski definition) is 1. The Morgan fingerprint density at radius 2 is 1.86 bits per heavy atom. The van der Waals surface area contributed by atoms with Crippen LogP contribution in [0.2, 0.25) is 5.02 Å². The van der Waals surface area contributed by atoms with Crippen molar-refractivity contribution in [3.8, 4) is 6.07 Å². The molecule has 0 radical (unpaired) electrons. The van der Waals surface area contributed by atoms with E-state index >= 15 is 0 Å². The maximum absolute atomic E-state index is 8.87. The van der Waals surface area contributed by atoms with E-state index in [1.54, 1.807) is 6.07 Å². The number of anilines is 1. The molecule has 2 nitrogen and oxygen atoms in total. The molecule has 0 atom stereocenters. The molecule has 1 fully saturated rings. The molecule has 0 unspecified atom stereocenters. The molecule has 1 aliphatic carbocycles. The van der Waals surface area contributed by atoms with Gasteiger partial charge < -0.3 is 5.32 Å². The smallest absolute Gasteiger partial charge is 0.101 e. The fourth-order valence-corrected chi connectivity index (χ4v) is 3.16. The van der Waals surface area contributed by atoms with Gasteiger partial charge in [-0.3, -0.25) is 0 Å². The van der Waals surface area contributed by atoms with Gasteiger partial charge in [-0.15, -0.1) is 0 Å². The topological polar surface area (TPSA) is 35.8 Å². The molecule has 1 aliphatic rings. The molecule has 2 aromatic carbocycles. The van der Waals surface area contributed by atoms with Crippen LogP contribution in [-0.4, -0.2) is 6.04 Å². The Bertz CT molecular complexity index is 685. The van der Waals surface area contributed by atoms with Crippen molar-refractivity contribution >= 4 is 33.2 Å². The van der Waals surface area contributed by atoms with Crippen LogP contribution in [0.15, 0.2) is 46.9 Å². The molecule has 0 aromatic heterocycles. The largest absolute Gasteiger partial charge is 0.382 e. The van der Waals surface area contributed by atoms with Gasteiger partial charge in [-0.2, -0.15) is 5.26 Å². The summed E-state index contributed by atoms with van der Waals surface area (Å²) in [4.78, 5) is 0. The second-order valence-corrected chi connectivity index (χ2v) is 6.69. The highest BCUT2D eigenvalue weighted by Crippen LogP contribution is 2.39. The number of nitriles is 1. The lowest BCUT2D eigenvalue weighted by Gasteiger charge is -2.37. The third-order valence-electron chi connectivity index (χ3n) is 3.94. The van der Waals surface area contributed by atoms with Crippen molar-refractivity contribution < 1.29 is 0 Å². The normalized spacial score (nSPS) is 20.4. The Balaban J connectivity index is 1.59. The molecule has 21 heavy (non-hydrogen) atoms. The summed E-state index contributed by atoms with van der Waals surface area (Å²) >= 11 is 9.51. The fraction of sp³-hybridized carbons (Fsp3) is 0.235. The van der Waals surface area contributed by atoms with Crippen molar-refractivity contribution in [2.24, 2.45) is 0 Å². The van der Waals surface area contributed by atoms with Gasteiger partial charge in [0.2, 0.25) is 0 Å². The van der Waals surface area contributed by atoms with Crippen molar-refractivity contribution in [1.29, 1.82) is 5.26 Å². The Labute approximate surface area is 137 Å². The molecule has 1 N–H and O–H groups in total. The average Bonchev–Trinajstić information content (AvgIpc) is 2.44. The standard InChI is InChI=1S/C17H14BrClN2/c18-14-4-1-11(2-5-14)13-7-16(8-13)21-15-6-3-12(10-20)17(19)9-15/h1-6,9,13,16,21H,7-8H2. The average molecular weight is 362 g/mol. The Morgan fingerprint density at radius 1 is 1.14 bits per heavy atom. The summed E-state index contributed by atoms with van der Waals surface area (Å²) in [5.74, 6) is 0.629. The highest BCUT2D eigenvalue weighted by molar-refractivity contribution is 9.10. The molecule has 0 saturated heterocycles. The van der Waals surface area contributed by atoms with Crippen molar-refractivity contribution in [2.75, 3.05) is 5.32 Å². The Morgan fingerprint density at radius 3 is 2.48 bits per heavy atom. The van der Waals surface area contributed by atoms with Crippen molar-refractivity contribution in [2.45, 2.75) is 24.8 Å². The van der Waals surface area contributed by atoms with Crippen LogP contribution in [0.4, 0.5) is 5.69 Å². The third kappa shape index (κ3) is 3.23. The van der Waals surface area contributed by atoms with Gasteiger partial charge in [0.05, 0.1) is 10.6 Å². The number of nitrogens with one attached hydrogen (secondary N) is 1. The van der Waals surface area contributed by atoms with Crippen LogP contribution in [0.1, 0.15) is 29.9 Å². The van der Waals surface area contributed by atoms with Crippen molar-refractivity contribution in [1.82, 2.24) is 0 Å². The first-order valence-corrected chi connectivity index (χ1v) is 8.04. The first kappa shape index (κ1) is 14.4. The zero-order chi connectivity index (χ0) is 14.8. The van der Waals surface area contributed by atoms with Crippen LogP contribution in [-0.2, 0) is 0 Å². The molecule has 1 saturated carbocycles. The van der Waals surface area contributed by atoms with Gasteiger partial charge in [-0.25, -0.2) is 0 Å². The van der Waals surface area contributed by atoms with E-state index in [1.807, 2.05) is 12.1 Å². The van der Waals surface area contributed by atoms with E-state index in [9.17, 15) is 0 Å². The summed E-state index contributed by atoms with van der Waals surface area (Å²) in [6.45, 7) is 0. The quantitative estimate of drug-likeness (QED) is 0.801. The van der Waals surface area contributed by atoms with Crippen molar-refractivity contribution in [3.63, 3.8) is 0 Å². The van der Waals surface area contributed by atoms with E-state index in [4.69, 9.17) is 16.9 Å². The third-order valence-corrected chi connectivity index (χ3v) is 4.78. The molecule has 0 heterocycles. The maximum atomic E-state index is 8.87. The molecule has 106 valence electrons. The zero-order valence-electron chi connectivity index (χ0n) is 11.3. The Hall–Kier alpha value is -1.50. The van der Waals surface area contributed by atoms with Crippen LogP contribution < -0.4 is 5.32 Å². The second kappa shape index (κ2) is 6.09. The number of nitrogens with zero attached hydrogens (tertiary/aromatic N) is 1. The van der Waals surface area contributed by atoms with E-state index < -0.39 is 0 Å². The van der Waals surface area contributed by atoms with Gasteiger partial charge in [0.25, 0.3) is 0 Å². The van der Waals surface area contributed by atoms with Gasteiger partial charge in [0.1, 0.15) is 6.07 Å². The molecule has 3 rings (SSSR count). The van der Waals surface area contributed by atoms with Crippen molar-refractivity contribution in [3.05, 3.63) is 63.1 Å². The van der Waals surface area contributed by atoms with Crippen LogP contribution in [0.5, 0.6) is 0 Å². The van der Waals surface area contributed by atoms with E-state index in [-0.39, 0.29) is 0 Å². The highest BCUT2D eigenvalue weighted by Gasteiger charge is 2.30. The van der Waals surface area contributed by atoms with E-state index in [2.05, 4.69) is 51.6 Å². The van der Waals surface area contributed by atoms with Gasteiger partial charge in [0.15, 0.2) is 0 Å². The number of halogens is 2. The Kier molecular flexibility index (Phi) is 4.19. The maximum Gasteiger partial charge on any atom is 0.101 e. The fourth-order valence-electron chi connectivity index (χ4n) is 2.67. The lowest BCUT2D eigenvalue weighted by molar-refractivity contribution is 0.374. The first-order chi connectivity index (χ1) is 10.2. The van der Waals surface area contributed by atoms with Crippen LogP contribution in [0.3, 0.4) is 0 Å². The van der Waals surface area contributed by atoms with Gasteiger partial charge in [-0.05, 0) is 54.7 Å². The van der Waals surface area contributed by atoms with E-state index in [0.29, 0.717) is 22.5 Å². The minimum Gasteiger partial charge on any atom is -0.382 e. The summed E-state index contributed by atoms with van der Waals surface area (Å²) in [6, 6.07) is 16.6. The second-order valence-electron chi connectivity index (χ2n) is 5.37. The predicted octanol–water partition coefficient (Wildman–Crippen LogP) is 5.33. The zero-order valence-corrected chi connectivity index (χ0v) is 13.7. The number of benzene rings is 2. The summed E-state index contributed by atoms with van der Waals surface area (Å²) in [6.07, 6.45) is 2.25. The predicted molar refractivity (Wildman–Crippen MR) is 89.7 cm³/mol. The van der Waals surface area contributed by atoms with Crippen LogP contribution in [0, 0.1) is 11.3 Å². The summed E-state index contributed by atoms with van der Waals surface area (Å²) < 4.78 is 1.12. The molecule has 0 spiro atoms. The molecular weight excluding hydrogens is 348 g/mol. The molecule has 2 aromatic rings. The molecule has 0 bridgehead atoms. The summed E-state index contributed by atoms with van der Waals surface area (Å²) in [5.41, 5.74) is 2.90. The number of hydrogen-bond acceptors (Lipinski definition) is 2. The minimum absolute atomic E-state index is 0.475. The number of rotatable bonds is 3. The van der Waals surface area contributed by atoms with E-state index in [1.165, 1.54) is 5.56 Å². The van der Waals surface area contributed by atoms with E-state index in [0.717, 1.165) is 23.0 Å². The molecular formula is C17H14BrClN2. The summed E-state index contributed by atoms with van der Waals surface area (Å²) in [7, 11) is 0. The van der Waals surface area contributed by atoms with Gasteiger partial charge in [0, 0.05) is 16.2 Å². The lowest BCUT2D eigenvalue weighted by atomic mass is 9.76. The highest BCUT2D eigenvalue weighted by atomic mass is 79.9. The minimum atomic E-state index is 0.475. The van der Waals surface area contributed by atoms with Gasteiger partial charge in [-0.1, -0.05) is 39.7 Å². The summed E-state index contributed by atoms with van der Waals surface area (Å²) in [5, 5.41) is 12.9. The molecule has 0 aliphatic heterocycles. The molecule has 0 amide bonds. The van der Waals surface area contributed by atoms with Crippen LogP contribution in [0.25, 0.3) is 0 Å².